The van der Waals surface area contributed by atoms with Crippen LogP contribution in [0.15, 0.2) is 30.7 Å². The summed E-state index contributed by atoms with van der Waals surface area (Å²) in [7, 11) is 0. The lowest BCUT2D eigenvalue weighted by Crippen LogP contribution is -2.45. The van der Waals surface area contributed by atoms with Crippen molar-refractivity contribution in [2.45, 2.75) is 44.9 Å². The number of morpholine rings is 1. The Morgan fingerprint density at radius 1 is 1.11 bits per heavy atom. The second kappa shape index (κ2) is 6.70. The fraction of sp³-hybridized carbons (Fsp3) is 0.450. The van der Waals surface area contributed by atoms with Crippen LogP contribution in [0.1, 0.15) is 26.7 Å². The molecular weight excluding hydrogens is 359 g/mol. The molecule has 1 N–H and O–H groups in total. The molecule has 4 heterocycles. The first-order chi connectivity index (χ1) is 13.6. The van der Waals surface area contributed by atoms with Crippen molar-refractivity contribution in [3.63, 3.8) is 0 Å². The number of fused-ring (bicyclic) bond motifs is 1. The summed E-state index contributed by atoms with van der Waals surface area (Å²) < 4.78 is 22.3. The van der Waals surface area contributed by atoms with Crippen LogP contribution in [0, 0.1) is 5.82 Å². The SMILES string of the molecule is CC1CN(c2ccc3ncc(-c4nc(NC5CC5)ncc4F)n3c2)CC(C)O1. The van der Waals surface area contributed by atoms with Gasteiger partial charge in [0, 0.05) is 25.3 Å². The molecule has 0 radical (unpaired) electrons. The number of halogens is 1. The van der Waals surface area contributed by atoms with Crippen molar-refractivity contribution in [2.24, 2.45) is 0 Å². The van der Waals surface area contributed by atoms with Gasteiger partial charge in [-0.2, -0.15) is 0 Å². The van der Waals surface area contributed by atoms with Crippen LogP contribution >= 0.6 is 0 Å². The number of nitrogens with one attached hydrogen (secondary N) is 1. The van der Waals surface area contributed by atoms with Crippen LogP contribution in [0.3, 0.4) is 0 Å². The number of hydrogen-bond donors (Lipinski definition) is 1. The van der Waals surface area contributed by atoms with E-state index in [1.54, 1.807) is 6.20 Å². The van der Waals surface area contributed by atoms with Crippen molar-refractivity contribution < 1.29 is 9.13 Å². The van der Waals surface area contributed by atoms with Crippen LogP contribution in [0.5, 0.6) is 0 Å². The van der Waals surface area contributed by atoms with Crippen LogP contribution in [-0.4, -0.2) is 50.7 Å². The normalized spacial score (nSPS) is 22.6. The fourth-order valence-corrected chi connectivity index (χ4v) is 3.75. The minimum Gasteiger partial charge on any atom is -0.372 e. The summed E-state index contributed by atoms with van der Waals surface area (Å²) in [6, 6.07) is 4.40. The molecular formula is C20H23FN6O. The van der Waals surface area contributed by atoms with E-state index in [1.165, 1.54) is 6.20 Å². The summed E-state index contributed by atoms with van der Waals surface area (Å²) in [6.45, 7) is 5.79. The van der Waals surface area contributed by atoms with Crippen LogP contribution in [0.25, 0.3) is 17.0 Å². The van der Waals surface area contributed by atoms with Gasteiger partial charge < -0.3 is 15.0 Å². The number of hydrogen-bond acceptors (Lipinski definition) is 6. The molecule has 1 saturated carbocycles. The van der Waals surface area contributed by atoms with Crippen LogP contribution < -0.4 is 10.2 Å². The molecule has 0 bridgehead atoms. The van der Waals surface area contributed by atoms with Crippen molar-refractivity contribution in [1.29, 1.82) is 0 Å². The summed E-state index contributed by atoms with van der Waals surface area (Å²) in [6.07, 6.45) is 7.42. The summed E-state index contributed by atoms with van der Waals surface area (Å²) in [5.74, 6) is 0.00278. The Hall–Kier alpha value is -2.74. The summed E-state index contributed by atoms with van der Waals surface area (Å²) in [5.41, 5.74) is 2.68. The Balaban J connectivity index is 1.53. The van der Waals surface area contributed by atoms with Gasteiger partial charge in [0.15, 0.2) is 5.82 Å². The molecule has 3 aromatic rings. The maximum absolute atomic E-state index is 14.6. The molecule has 0 spiro atoms. The first-order valence-electron chi connectivity index (χ1n) is 9.74. The number of nitrogens with zero attached hydrogens (tertiary/aromatic N) is 5. The lowest BCUT2D eigenvalue weighted by Gasteiger charge is -2.36. The molecule has 0 aromatic carbocycles. The first-order valence-corrected chi connectivity index (χ1v) is 9.74. The molecule has 5 rings (SSSR count). The molecule has 2 fully saturated rings. The fourth-order valence-electron chi connectivity index (χ4n) is 3.75. The number of pyridine rings is 1. The van der Waals surface area contributed by atoms with Crippen molar-refractivity contribution in [2.75, 3.05) is 23.3 Å². The average molecular weight is 382 g/mol. The van der Waals surface area contributed by atoms with E-state index in [2.05, 4.69) is 39.0 Å². The molecule has 2 atom stereocenters. The third kappa shape index (κ3) is 3.28. The van der Waals surface area contributed by atoms with Gasteiger partial charge in [-0.05, 0) is 38.8 Å². The Morgan fingerprint density at radius 2 is 1.89 bits per heavy atom. The highest BCUT2D eigenvalue weighted by Gasteiger charge is 2.24. The standard InChI is InChI=1S/C20H23FN6O/c1-12-9-26(10-13(2)28-12)15-5-6-18-22-8-17(27(18)11-15)19-16(21)7-23-20(25-19)24-14-3-4-14/h5-8,11-14H,3-4,9-10H2,1-2H3,(H,23,24,25). The summed E-state index contributed by atoms with van der Waals surface area (Å²) >= 11 is 0. The van der Waals surface area contributed by atoms with E-state index in [9.17, 15) is 4.39 Å². The van der Waals surface area contributed by atoms with Gasteiger partial charge >= 0.3 is 0 Å². The lowest BCUT2D eigenvalue weighted by molar-refractivity contribution is -0.00523. The molecule has 8 heteroatoms. The minimum atomic E-state index is -0.456. The highest BCUT2D eigenvalue weighted by molar-refractivity contribution is 5.64. The van der Waals surface area contributed by atoms with Gasteiger partial charge in [0.25, 0.3) is 0 Å². The van der Waals surface area contributed by atoms with Gasteiger partial charge in [-0.3, -0.25) is 4.40 Å². The van der Waals surface area contributed by atoms with Crippen molar-refractivity contribution >= 4 is 17.3 Å². The van der Waals surface area contributed by atoms with Gasteiger partial charge in [0.1, 0.15) is 11.3 Å². The maximum Gasteiger partial charge on any atom is 0.223 e. The number of rotatable bonds is 4. The summed E-state index contributed by atoms with van der Waals surface area (Å²) in [4.78, 5) is 15.2. The number of anilines is 2. The molecule has 2 aliphatic rings. The largest absolute Gasteiger partial charge is 0.372 e. The zero-order valence-electron chi connectivity index (χ0n) is 16.0. The second-order valence-electron chi connectivity index (χ2n) is 7.73. The third-order valence-electron chi connectivity index (χ3n) is 5.17. The van der Waals surface area contributed by atoms with Crippen molar-refractivity contribution in [3.05, 3.63) is 36.5 Å². The highest BCUT2D eigenvalue weighted by Crippen LogP contribution is 2.28. The van der Waals surface area contributed by atoms with Crippen molar-refractivity contribution in [3.8, 4) is 11.4 Å². The molecule has 7 nitrogen and oxygen atoms in total. The Labute approximate surface area is 162 Å². The van der Waals surface area contributed by atoms with E-state index in [1.807, 2.05) is 22.7 Å². The summed E-state index contributed by atoms with van der Waals surface area (Å²) in [5, 5.41) is 3.23. The van der Waals surface area contributed by atoms with E-state index in [4.69, 9.17) is 4.74 Å². The quantitative estimate of drug-likeness (QED) is 0.748. The molecule has 0 amide bonds. The van der Waals surface area contributed by atoms with Crippen LogP contribution in [-0.2, 0) is 4.74 Å². The molecule has 1 aliphatic heterocycles. The Morgan fingerprint density at radius 3 is 2.64 bits per heavy atom. The lowest BCUT2D eigenvalue weighted by atomic mass is 10.2. The molecule has 1 aliphatic carbocycles. The average Bonchev–Trinajstić information content (AvgIpc) is 3.38. The Kier molecular flexibility index (Phi) is 4.16. The van der Waals surface area contributed by atoms with E-state index in [0.29, 0.717) is 17.7 Å². The maximum atomic E-state index is 14.6. The number of imidazole rings is 1. The van der Waals surface area contributed by atoms with Crippen molar-refractivity contribution in [1.82, 2.24) is 19.4 Å². The number of aromatic nitrogens is 4. The van der Waals surface area contributed by atoms with E-state index < -0.39 is 5.82 Å². The highest BCUT2D eigenvalue weighted by atomic mass is 19.1. The molecule has 146 valence electrons. The molecule has 3 aromatic heterocycles. The van der Waals surface area contributed by atoms with Gasteiger partial charge in [0.05, 0.1) is 36.0 Å². The zero-order chi connectivity index (χ0) is 19.3. The Bertz CT molecular complexity index is 1010. The molecule has 2 unspecified atom stereocenters. The van der Waals surface area contributed by atoms with Gasteiger partial charge in [0.2, 0.25) is 5.95 Å². The zero-order valence-corrected chi connectivity index (χ0v) is 16.0. The van der Waals surface area contributed by atoms with Crippen LogP contribution in [0.2, 0.25) is 0 Å². The van der Waals surface area contributed by atoms with Gasteiger partial charge in [-0.15, -0.1) is 0 Å². The van der Waals surface area contributed by atoms with E-state index in [-0.39, 0.29) is 17.9 Å². The third-order valence-corrected chi connectivity index (χ3v) is 5.17. The predicted octanol–water partition coefficient (Wildman–Crippen LogP) is 3.12. The smallest absolute Gasteiger partial charge is 0.223 e. The molecule has 1 saturated heterocycles. The van der Waals surface area contributed by atoms with Crippen LogP contribution in [0.4, 0.5) is 16.0 Å². The first kappa shape index (κ1) is 17.4. The molecule has 28 heavy (non-hydrogen) atoms. The van der Waals surface area contributed by atoms with E-state index in [0.717, 1.165) is 37.3 Å². The van der Waals surface area contributed by atoms with Gasteiger partial charge in [-0.1, -0.05) is 0 Å². The second-order valence-corrected chi connectivity index (χ2v) is 7.73. The predicted molar refractivity (Wildman–Crippen MR) is 105 cm³/mol. The monoisotopic (exact) mass is 382 g/mol. The van der Waals surface area contributed by atoms with Gasteiger partial charge in [-0.25, -0.2) is 19.3 Å². The topological polar surface area (TPSA) is 67.6 Å². The minimum absolute atomic E-state index is 0.164. The number of ether oxygens (including phenoxy) is 1. The van der Waals surface area contributed by atoms with E-state index >= 15 is 0 Å².